The first-order valence-corrected chi connectivity index (χ1v) is 8.62. The van der Waals surface area contributed by atoms with Crippen LogP contribution in [0.3, 0.4) is 0 Å². The molecule has 1 aliphatic heterocycles. The Balaban J connectivity index is 0.00000182. The Bertz CT molecular complexity index is 746. The van der Waals surface area contributed by atoms with Crippen LogP contribution in [0, 0.1) is 0 Å². The third-order valence-electron chi connectivity index (χ3n) is 4.54. The van der Waals surface area contributed by atoms with Crippen LogP contribution in [0.2, 0.25) is 5.02 Å². The fourth-order valence-corrected chi connectivity index (χ4v) is 3.36. The summed E-state index contributed by atoms with van der Waals surface area (Å²) in [5.41, 5.74) is 8.14. The lowest BCUT2D eigenvalue weighted by molar-refractivity contribution is -0.128. The maximum atomic E-state index is 12.6. The molecule has 0 bridgehead atoms. The minimum atomic E-state index is -0.0490. The highest BCUT2D eigenvalue weighted by Crippen LogP contribution is 2.28. The SMILES string of the molecule is COc1ccc(Cl)cc1NCC(=O)N1C[C@@H](N)[C@H](c2ccccc2)C1.Cl.Cl. The summed E-state index contributed by atoms with van der Waals surface area (Å²) in [6.07, 6.45) is 0. The van der Waals surface area contributed by atoms with Crippen molar-refractivity contribution in [3.05, 3.63) is 59.1 Å². The van der Waals surface area contributed by atoms with Gasteiger partial charge in [-0.2, -0.15) is 0 Å². The lowest BCUT2D eigenvalue weighted by Gasteiger charge is -2.18. The quantitative estimate of drug-likeness (QED) is 0.758. The molecule has 1 heterocycles. The topological polar surface area (TPSA) is 67.6 Å². The van der Waals surface area contributed by atoms with E-state index >= 15 is 0 Å². The number of carbonyl (C=O) groups excluding carboxylic acids is 1. The Kier molecular flexibility index (Phi) is 9.19. The largest absolute Gasteiger partial charge is 0.495 e. The second-order valence-electron chi connectivity index (χ2n) is 6.18. The molecule has 1 amide bonds. The molecule has 2 aromatic rings. The normalized spacial score (nSPS) is 18.3. The van der Waals surface area contributed by atoms with E-state index in [9.17, 15) is 4.79 Å². The highest BCUT2D eigenvalue weighted by atomic mass is 35.5. The van der Waals surface area contributed by atoms with Gasteiger partial charge in [0, 0.05) is 30.1 Å². The molecule has 0 radical (unpaired) electrons. The van der Waals surface area contributed by atoms with Crippen molar-refractivity contribution >= 4 is 48.0 Å². The summed E-state index contributed by atoms with van der Waals surface area (Å²) in [4.78, 5) is 14.4. The van der Waals surface area contributed by atoms with Crippen molar-refractivity contribution in [2.75, 3.05) is 32.1 Å². The zero-order chi connectivity index (χ0) is 17.8. The van der Waals surface area contributed by atoms with Crippen molar-refractivity contribution in [1.29, 1.82) is 0 Å². The number of nitrogens with one attached hydrogen (secondary N) is 1. The summed E-state index contributed by atoms with van der Waals surface area (Å²) in [5.74, 6) is 0.833. The van der Waals surface area contributed by atoms with Gasteiger partial charge in [0.05, 0.1) is 19.3 Å². The number of anilines is 1. The molecule has 1 fully saturated rings. The van der Waals surface area contributed by atoms with Gasteiger partial charge in [0.2, 0.25) is 5.91 Å². The van der Waals surface area contributed by atoms with Gasteiger partial charge in [-0.1, -0.05) is 41.9 Å². The second kappa shape index (κ2) is 10.6. The molecule has 3 N–H and O–H groups in total. The molecule has 0 aliphatic carbocycles. The van der Waals surface area contributed by atoms with Gasteiger partial charge in [-0.25, -0.2) is 0 Å². The van der Waals surface area contributed by atoms with E-state index in [2.05, 4.69) is 17.4 Å². The predicted octanol–water partition coefficient (Wildman–Crippen LogP) is 3.56. The maximum Gasteiger partial charge on any atom is 0.241 e. The van der Waals surface area contributed by atoms with E-state index in [1.807, 2.05) is 23.1 Å². The Hall–Kier alpha value is -1.66. The van der Waals surface area contributed by atoms with Crippen molar-refractivity contribution < 1.29 is 9.53 Å². The highest BCUT2D eigenvalue weighted by Gasteiger charge is 2.33. The number of carbonyl (C=O) groups is 1. The smallest absolute Gasteiger partial charge is 0.241 e. The summed E-state index contributed by atoms with van der Waals surface area (Å²) in [6.45, 7) is 1.37. The number of hydrogen-bond acceptors (Lipinski definition) is 4. The monoisotopic (exact) mass is 431 g/mol. The summed E-state index contributed by atoms with van der Waals surface area (Å²) in [5, 5.41) is 3.70. The van der Waals surface area contributed by atoms with Crippen molar-refractivity contribution in [2.45, 2.75) is 12.0 Å². The first kappa shape index (κ1) is 23.4. The molecule has 0 aromatic heterocycles. The Morgan fingerprint density at radius 2 is 1.93 bits per heavy atom. The Morgan fingerprint density at radius 1 is 1.22 bits per heavy atom. The number of ether oxygens (including phenoxy) is 1. The van der Waals surface area contributed by atoms with E-state index < -0.39 is 0 Å². The molecule has 8 heteroatoms. The first-order valence-electron chi connectivity index (χ1n) is 8.24. The molecule has 148 valence electrons. The fourth-order valence-electron chi connectivity index (χ4n) is 3.19. The zero-order valence-electron chi connectivity index (χ0n) is 14.9. The van der Waals surface area contributed by atoms with Crippen LogP contribution in [-0.4, -0.2) is 43.6 Å². The number of hydrogen-bond donors (Lipinski definition) is 2. The molecule has 27 heavy (non-hydrogen) atoms. The zero-order valence-corrected chi connectivity index (χ0v) is 17.3. The molecule has 0 unspecified atom stereocenters. The number of nitrogens with zero attached hydrogens (tertiary/aromatic N) is 1. The number of amides is 1. The Labute approximate surface area is 177 Å². The predicted molar refractivity (Wildman–Crippen MR) is 115 cm³/mol. The third kappa shape index (κ3) is 5.66. The average molecular weight is 433 g/mol. The molecule has 2 atom stereocenters. The minimum Gasteiger partial charge on any atom is -0.495 e. The van der Waals surface area contributed by atoms with Gasteiger partial charge in [0.1, 0.15) is 5.75 Å². The highest BCUT2D eigenvalue weighted by molar-refractivity contribution is 6.30. The van der Waals surface area contributed by atoms with Crippen LogP contribution in [0.15, 0.2) is 48.5 Å². The van der Waals surface area contributed by atoms with Crippen molar-refractivity contribution in [1.82, 2.24) is 4.90 Å². The lowest BCUT2D eigenvalue weighted by Crippen LogP contribution is -2.35. The Morgan fingerprint density at radius 3 is 2.59 bits per heavy atom. The number of likely N-dealkylation sites (tertiary alicyclic amines) is 1. The molecule has 2 aromatic carbocycles. The maximum absolute atomic E-state index is 12.6. The summed E-state index contributed by atoms with van der Waals surface area (Å²) in [6, 6.07) is 15.3. The first-order chi connectivity index (χ1) is 12.1. The van der Waals surface area contributed by atoms with Gasteiger partial charge in [0.15, 0.2) is 0 Å². The van der Waals surface area contributed by atoms with E-state index in [1.54, 1.807) is 25.3 Å². The second-order valence-corrected chi connectivity index (χ2v) is 6.61. The molecule has 0 saturated carbocycles. The van der Waals surface area contributed by atoms with Gasteiger partial charge in [-0.15, -0.1) is 24.8 Å². The molecule has 1 saturated heterocycles. The number of nitrogens with two attached hydrogens (primary N) is 1. The van der Waals surface area contributed by atoms with Gasteiger partial charge >= 0.3 is 0 Å². The van der Waals surface area contributed by atoms with Crippen molar-refractivity contribution in [3.63, 3.8) is 0 Å². The summed E-state index contributed by atoms with van der Waals surface area (Å²) < 4.78 is 5.28. The van der Waals surface area contributed by atoms with Crippen LogP contribution in [0.5, 0.6) is 5.75 Å². The summed E-state index contributed by atoms with van der Waals surface area (Å²) >= 11 is 6.01. The standard InChI is InChI=1S/C19H22ClN3O2.2ClH/c1-25-18-8-7-14(20)9-17(18)22-10-19(24)23-11-15(16(21)12-23)13-5-3-2-4-6-13;;/h2-9,15-16,22H,10-12,21H2,1H3;2*1H/t15-,16+;;/m0../s1. The van der Waals surface area contributed by atoms with Crippen LogP contribution in [0.25, 0.3) is 0 Å². The van der Waals surface area contributed by atoms with Crippen LogP contribution >= 0.6 is 36.4 Å². The molecule has 3 rings (SSSR count). The van der Waals surface area contributed by atoms with E-state index in [-0.39, 0.29) is 49.2 Å². The third-order valence-corrected chi connectivity index (χ3v) is 4.77. The van der Waals surface area contributed by atoms with Crippen molar-refractivity contribution in [2.24, 2.45) is 5.73 Å². The van der Waals surface area contributed by atoms with Crippen LogP contribution < -0.4 is 15.8 Å². The fraction of sp³-hybridized carbons (Fsp3) is 0.316. The lowest BCUT2D eigenvalue weighted by atomic mass is 9.95. The van der Waals surface area contributed by atoms with E-state index in [0.29, 0.717) is 29.5 Å². The van der Waals surface area contributed by atoms with E-state index in [0.717, 1.165) is 0 Å². The summed E-state index contributed by atoms with van der Waals surface area (Å²) in [7, 11) is 1.58. The molecule has 0 spiro atoms. The van der Waals surface area contributed by atoms with E-state index in [4.69, 9.17) is 22.1 Å². The van der Waals surface area contributed by atoms with Crippen LogP contribution in [0.4, 0.5) is 5.69 Å². The molecule has 1 aliphatic rings. The number of benzene rings is 2. The molecular weight excluding hydrogens is 409 g/mol. The average Bonchev–Trinajstić information content (AvgIpc) is 3.02. The number of rotatable bonds is 5. The molecular formula is C19H24Cl3N3O2. The van der Waals surface area contributed by atoms with Gasteiger partial charge in [-0.3, -0.25) is 4.79 Å². The number of halogens is 3. The number of methoxy groups -OCH3 is 1. The minimum absolute atomic E-state index is 0. The van der Waals surface area contributed by atoms with Gasteiger partial charge < -0.3 is 20.7 Å². The van der Waals surface area contributed by atoms with Gasteiger partial charge in [-0.05, 0) is 23.8 Å². The van der Waals surface area contributed by atoms with E-state index in [1.165, 1.54) is 5.56 Å². The van der Waals surface area contributed by atoms with Crippen molar-refractivity contribution in [3.8, 4) is 5.75 Å². The van der Waals surface area contributed by atoms with Crippen LogP contribution in [0.1, 0.15) is 11.5 Å². The van der Waals surface area contributed by atoms with Gasteiger partial charge in [0.25, 0.3) is 0 Å². The van der Waals surface area contributed by atoms with Crippen LogP contribution in [-0.2, 0) is 4.79 Å². The molecule has 5 nitrogen and oxygen atoms in total.